The minimum absolute atomic E-state index is 0.398. The molecule has 1 atom stereocenters. The van der Waals surface area contributed by atoms with Crippen LogP contribution in [0.3, 0.4) is 0 Å². The molecule has 2 rings (SSSR count). The van der Waals surface area contributed by atoms with E-state index in [9.17, 15) is 0 Å². The minimum atomic E-state index is -0.487. The molecule has 1 aliphatic rings. The summed E-state index contributed by atoms with van der Waals surface area (Å²) in [5.74, 6) is 8.01. The number of rotatable bonds is 0. The zero-order chi connectivity index (χ0) is 13.2. The summed E-state index contributed by atoms with van der Waals surface area (Å²) in [6.45, 7) is 7.22. The number of ether oxygens (including phenoxy) is 2. The average molecular weight is 245 g/mol. The molecule has 0 aromatic heterocycles. The fraction of sp³-hybridized carbons (Fsp3) is 0.467. The topological polar surface area (TPSA) is 44.5 Å². The van der Waals surface area contributed by atoms with Crippen molar-refractivity contribution in [3.05, 3.63) is 23.8 Å². The van der Waals surface area contributed by atoms with Gasteiger partial charge in [0.15, 0.2) is 11.5 Å². The van der Waals surface area contributed by atoms with E-state index in [1.165, 1.54) is 0 Å². The van der Waals surface area contributed by atoms with Gasteiger partial charge in [0.25, 0.3) is 0 Å². The van der Waals surface area contributed by atoms with Crippen LogP contribution in [-0.4, -0.2) is 18.8 Å². The van der Waals surface area contributed by atoms with Crippen molar-refractivity contribution in [2.45, 2.75) is 26.3 Å². The third-order valence-corrected chi connectivity index (χ3v) is 2.52. The Morgan fingerprint density at radius 1 is 1.22 bits per heavy atom. The van der Waals surface area contributed by atoms with E-state index in [-0.39, 0.29) is 0 Å². The van der Waals surface area contributed by atoms with Gasteiger partial charge in [-0.15, -0.1) is 0 Å². The van der Waals surface area contributed by atoms with Gasteiger partial charge in [0.05, 0.1) is 18.8 Å². The molecule has 1 aromatic rings. The lowest BCUT2D eigenvalue weighted by Crippen LogP contribution is -2.29. The van der Waals surface area contributed by atoms with Crippen LogP contribution in [0.25, 0.3) is 0 Å². The highest BCUT2D eigenvalue weighted by Gasteiger charge is 2.14. The van der Waals surface area contributed by atoms with E-state index < -0.39 is 5.54 Å². The molecule has 0 amide bonds. The molecule has 2 N–H and O–H groups in total. The first kappa shape index (κ1) is 12.8. The fourth-order valence-corrected chi connectivity index (χ4v) is 1.56. The van der Waals surface area contributed by atoms with Gasteiger partial charge in [0.2, 0.25) is 0 Å². The predicted molar refractivity (Wildman–Crippen MR) is 71.7 cm³/mol. The Balaban J connectivity index is 2.24. The van der Waals surface area contributed by atoms with Crippen molar-refractivity contribution in [1.82, 2.24) is 0 Å². The Morgan fingerprint density at radius 2 is 1.89 bits per heavy atom. The molecule has 0 saturated heterocycles. The molecule has 0 saturated carbocycles. The van der Waals surface area contributed by atoms with Crippen molar-refractivity contribution in [1.29, 1.82) is 0 Å². The summed E-state index contributed by atoms with van der Waals surface area (Å²) < 4.78 is 11.4. The lowest BCUT2D eigenvalue weighted by molar-refractivity contribution is 0.228. The molecule has 96 valence electrons. The molecule has 0 fully saturated rings. The van der Waals surface area contributed by atoms with Gasteiger partial charge in [0, 0.05) is 11.5 Å². The molecule has 1 heterocycles. The van der Waals surface area contributed by atoms with Gasteiger partial charge in [0.1, 0.15) is 0 Å². The molecule has 0 bridgehead atoms. The quantitative estimate of drug-likeness (QED) is 0.712. The Hall–Kier alpha value is -1.66. The molecule has 1 aromatic carbocycles. The van der Waals surface area contributed by atoms with Crippen LogP contribution in [0.5, 0.6) is 11.5 Å². The highest BCUT2D eigenvalue weighted by molar-refractivity contribution is 5.49. The number of fused-ring (bicyclic) bond motifs is 1. The number of hydrogen-bond donors (Lipinski definition) is 1. The van der Waals surface area contributed by atoms with E-state index in [4.69, 9.17) is 15.2 Å². The Kier molecular flexibility index (Phi) is 3.49. The molecule has 3 nitrogen and oxygen atoms in total. The van der Waals surface area contributed by atoms with Gasteiger partial charge in [-0.25, -0.2) is 0 Å². The molecule has 3 heteroatoms. The van der Waals surface area contributed by atoms with E-state index in [0.717, 1.165) is 17.1 Å². The van der Waals surface area contributed by atoms with Crippen molar-refractivity contribution in [2.24, 2.45) is 11.7 Å². The summed E-state index contributed by atoms with van der Waals surface area (Å²) in [7, 11) is 0. The summed E-state index contributed by atoms with van der Waals surface area (Å²) in [5.41, 5.74) is 6.24. The highest BCUT2D eigenvalue weighted by atomic mass is 16.5. The first-order chi connectivity index (χ1) is 8.44. The van der Waals surface area contributed by atoms with E-state index in [0.29, 0.717) is 19.1 Å². The zero-order valence-corrected chi connectivity index (χ0v) is 11.1. The van der Waals surface area contributed by atoms with E-state index in [1.54, 1.807) is 0 Å². The van der Waals surface area contributed by atoms with Crippen LogP contribution in [0.1, 0.15) is 26.3 Å². The molecule has 0 spiro atoms. The second kappa shape index (κ2) is 4.91. The Morgan fingerprint density at radius 3 is 2.56 bits per heavy atom. The van der Waals surface area contributed by atoms with Crippen molar-refractivity contribution in [2.75, 3.05) is 13.2 Å². The highest BCUT2D eigenvalue weighted by Crippen LogP contribution is 2.31. The van der Waals surface area contributed by atoms with Gasteiger partial charge in [-0.1, -0.05) is 18.8 Å². The van der Waals surface area contributed by atoms with Crippen molar-refractivity contribution < 1.29 is 9.47 Å². The number of hydrogen-bond acceptors (Lipinski definition) is 3. The van der Waals surface area contributed by atoms with Crippen LogP contribution in [0.2, 0.25) is 0 Å². The normalized spacial score (nSPS) is 18.6. The second-order valence-corrected chi connectivity index (χ2v) is 5.36. The Bertz CT molecular complexity index is 491. The molecule has 1 aliphatic heterocycles. The number of nitrogens with two attached hydrogens (primary N) is 1. The summed E-state index contributed by atoms with van der Waals surface area (Å²) in [4.78, 5) is 0. The predicted octanol–water partition coefficient (Wildman–Crippen LogP) is 2.18. The SMILES string of the molecule is CC1COc2ccc(C#CC(C)(C)N)cc2OC1. The van der Waals surface area contributed by atoms with E-state index in [2.05, 4.69) is 18.8 Å². The maximum Gasteiger partial charge on any atom is 0.162 e. The maximum atomic E-state index is 5.83. The van der Waals surface area contributed by atoms with Crippen LogP contribution >= 0.6 is 0 Å². The second-order valence-electron chi connectivity index (χ2n) is 5.36. The molecule has 18 heavy (non-hydrogen) atoms. The average Bonchev–Trinajstić information content (AvgIpc) is 2.48. The smallest absolute Gasteiger partial charge is 0.162 e. The van der Waals surface area contributed by atoms with E-state index in [1.807, 2.05) is 32.0 Å². The third-order valence-electron chi connectivity index (χ3n) is 2.52. The van der Waals surface area contributed by atoms with E-state index >= 15 is 0 Å². The summed E-state index contributed by atoms with van der Waals surface area (Å²) in [6.07, 6.45) is 0. The van der Waals surface area contributed by atoms with Gasteiger partial charge in [-0.05, 0) is 32.0 Å². The van der Waals surface area contributed by atoms with Gasteiger partial charge >= 0.3 is 0 Å². The maximum absolute atomic E-state index is 5.83. The lowest BCUT2D eigenvalue weighted by atomic mass is 10.1. The monoisotopic (exact) mass is 245 g/mol. The van der Waals surface area contributed by atoms with Crippen molar-refractivity contribution in [3.63, 3.8) is 0 Å². The molecule has 0 radical (unpaired) electrons. The summed E-state index contributed by atoms with van der Waals surface area (Å²) in [6, 6.07) is 5.74. The summed E-state index contributed by atoms with van der Waals surface area (Å²) >= 11 is 0. The molecular formula is C15H19NO2. The zero-order valence-electron chi connectivity index (χ0n) is 11.1. The first-order valence-electron chi connectivity index (χ1n) is 6.16. The van der Waals surface area contributed by atoms with Crippen LogP contribution < -0.4 is 15.2 Å². The van der Waals surface area contributed by atoms with Crippen LogP contribution in [0.15, 0.2) is 18.2 Å². The van der Waals surface area contributed by atoms with Gasteiger partial charge < -0.3 is 15.2 Å². The van der Waals surface area contributed by atoms with Gasteiger partial charge in [-0.2, -0.15) is 0 Å². The molecule has 1 unspecified atom stereocenters. The first-order valence-corrected chi connectivity index (χ1v) is 6.16. The summed E-state index contributed by atoms with van der Waals surface area (Å²) in [5, 5.41) is 0. The molecular weight excluding hydrogens is 226 g/mol. The number of benzene rings is 1. The van der Waals surface area contributed by atoms with Crippen LogP contribution in [0, 0.1) is 17.8 Å². The third kappa shape index (κ3) is 3.41. The standard InChI is InChI=1S/C15H19NO2/c1-11-9-17-13-5-4-12(6-7-15(2,3)16)8-14(13)18-10-11/h4-5,8,11H,9-10,16H2,1-3H3. The van der Waals surface area contributed by atoms with Crippen LogP contribution in [0.4, 0.5) is 0 Å². The van der Waals surface area contributed by atoms with Crippen LogP contribution in [-0.2, 0) is 0 Å². The molecule has 0 aliphatic carbocycles. The Labute approximate surface area is 108 Å². The minimum Gasteiger partial charge on any atom is -0.489 e. The lowest BCUT2D eigenvalue weighted by Gasteiger charge is -2.09. The van der Waals surface area contributed by atoms with Crippen molar-refractivity contribution >= 4 is 0 Å². The largest absolute Gasteiger partial charge is 0.489 e. The van der Waals surface area contributed by atoms with Crippen molar-refractivity contribution in [3.8, 4) is 23.3 Å². The van der Waals surface area contributed by atoms with Gasteiger partial charge in [-0.3, -0.25) is 0 Å². The fourth-order valence-electron chi connectivity index (χ4n) is 1.56.